The number of hydrogen-bond acceptors (Lipinski definition) is 3. The van der Waals surface area contributed by atoms with Gasteiger partial charge in [-0.25, -0.2) is 4.79 Å². The number of carbonyl (C=O) groups is 1. The SMILES string of the molecule is CC(Oc1ccc(CO)cc1C(F)(F)F)C(=O)O. The van der Waals surface area contributed by atoms with Crippen LogP contribution in [0.3, 0.4) is 0 Å². The second-order valence-electron chi connectivity index (χ2n) is 3.58. The van der Waals surface area contributed by atoms with Gasteiger partial charge in [-0.15, -0.1) is 0 Å². The normalized spacial score (nSPS) is 13.2. The van der Waals surface area contributed by atoms with Gasteiger partial charge in [0.15, 0.2) is 6.10 Å². The molecular weight excluding hydrogens is 253 g/mol. The number of ether oxygens (including phenoxy) is 1. The summed E-state index contributed by atoms with van der Waals surface area (Å²) in [4.78, 5) is 10.5. The van der Waals surface area contributed by atoms with Crippen molar-refractivity contribution in [2.75, 3.05) is 0 Å². The van der Waals surface area contributed by atoms with Crippen molar-refractivity contribution >= 4 is 5.97 Å². The lowest BCUT2D eigenvalue weighted by atomic mass is 10.1. The zero-order chi connectivity index (χ0) is 13.9. The first kappa shape index (κ1) is 14.3. The zero-order valence-electron chi connectivity index (χ0n) is 9.36. The van der Waals surface area contributed by atoms with Crippen LogP contribution in [0.5, 0.6) is 5.75 Å². The van der Waals surface area contributed by atoms with E-state index >= 15 is 0 Å². The van der Waals surface area contributed by atoms with Crippen molar-refractivity contribution < 1.29 is 32.9 Å². The first-order chi connectivity index (χ1) is 8.25. The van der Waals surface area contributed by atoms with E-state index in [0.29, 0.717) is 0 Å². The maximum atomic E-state index is 12.7. The molecule has 100 valence electrons. The Morgan fingerprint density at radius 1 is 1.44 bits per heavy atom. The van der Waals surface area contributed by atoms with Crippen molar-refractivity contribution in [1.29, 1.82) is 0 Å². The molecule has 0 aliphatic rings. The molecule has 0 bridgehead atoms. The molecule has 0 saturated heterocycles. The van der Waals surface area contributed by atoms with Gasteiger partial charge in [0.2, 0.25) is 0 Å². The summed E-state index contributed by atoms with van der Waals surface area (Å²) in [7, 11) is 0. The quantitative estimate of drug-likeness (QED) is 0.873. The Morgan fingerprint density at radius 2 is 2.06 bits per heavy atom. The highest BCUT2D eigenvalue weighted by Crippen LogP contribution is 2.37. The standard InChI is InChI=1S/C11H11F3O4/c1-6(10(16)17)18-9-3-2-7(5-15)4-8(9)11(12,13)14/h2-4,6,15H,5H2,1H3,(H,16,17). The van der Waals surface area contributed by atoms with Crippen molar-refractivity contribution in [3.05, 3.63) is 29.3 Å². The van der Waals surface area contributed by atoms with Gasteiger partial charge in [0.1, 0.15) is 5.75 Å². The van der Waals surface area contributed by atoms with Crippen LogP contribution in [-0.4, -0.2) is 22.3 Å². The fourth-order valence-electron chi connectivity index (χ4n) is 1.24. The second-order valence-corrected chi connectivity index (χ2v) is 3.58. The predicted octanol–water partition coefficient (Wildman–Crippen LogP) is 2.05. The minimum Gasteiger partial charge on any atom is -0.479 e. The highest BCUT2D eigenvalue weighted by atomic mass is 19.4. The lowest BCUT2D eigenvalue weighted by Gasteiger charge is -2.17. The molecule has 1 rings (SSSR count). The van der Waals surface area contributed by atoms with Gasteiger partial charge >= 0.3 is 12.1 Å². The van der Waals surface area contributed by atoms with Crippen LogP contribution in [0.25, 0.3) is 0 Å². The molecule has 18 heavy (non-hydrogen) atoms. The van der Waals surface area contributed by atoms with Crippen LogP contribution in [0.2, 0.25) is 0 Å². The third kappa shape index (κ3) is 3.36. The van der Waals surface area contributed by atoms with E-state index in [1.54, 1.807) is 0 Å². The van der Waals surface area contributed by atoms with Crippen LogP contribution in [0.15, 0.2) is 18.2 Å². The Bertz CT molecular complexity index is 442. The van der Waals surface area contributed by atoms with Gasteiger partial charge < -0.3 is 14.9 Å². The molecule has 0 radical (unpaired) electrons. The average Bonchev–Trinajstić information content (AvgIpc) is 2.27. The molecule has 0 amide bonds. The molecule has 0 heterocycles. The Kier molecular flexibility index (Phi) is 4.18. The van der Waals surface area contributed by atoms with E-state index in [1.165, 1.54) is 6.07 Å². The van der Waals surface area contributed by atoms with Gasteiger partial charge in [-0.3, -0.25) is 0 Å². The van der Waals surface area contributed by atoms with E-state index in [1.807, 2.05) is 0 Å². The van der Waals surface area contributed by atoms with Crippen molar-refractivity contribution in [3.63, 3.8) is 0 Å². The van der Waals surface area contributed by atoms with E-state index in [4.69, 9.17) is 14.9 Å². The van der Waals surface area contributed by atoms with Crippen LogP contribution >= 0.6 is 0 Å². The Morgan fingerprint density at radius 3 is 2.50 bits per heavy atom. The first-order valence-corrected chi connectivity index (χ1v) is 4.96. The third-order valence-corrected chi connectivity index (χ3v) is 2.18. The maximum absolute atomic E-state index is 12.7. The molecule has 0 saturated carbocycles. The molecule has 0 aliphatic heterocycles. The van der Waals surface area contributed by atoms with E-state index in [-0.39, 0.29) is 5.56 Å². The number of carboxylic acids is 1. The van der Waals surface area contributed by atoms with Crippen LogP contribution < -0.4 is 4.74 Å². The number of aliphatic carboxylic acids is 1. The highest BCUT2D eigenvalue weighted by Gasteiger charge is 2.35. The summed E-state index contributed by atoms with van der Waals surface area (Å²) in [6, 6.07) is 2.96. The Hall–Kier alpha value is -1.76. The van der Waals surface area contributed by atoms with E-state index < -0.39 is 36.2 Å². The number of halogens is 3. The molecule has 0 aliphatic carbocycles. The molecule has 0 fully saturated rings. The molecule has 1 aromatic carbocycles. The summed E-state index contributed by atoms with van der Waals surface area (Å²) < 4.78 is 42.9. The molecule has 1 aromatic rings. The van der Waals surface area contributed by atoms with Gasteiger partial charge in [-0.1, -0.05) is 6.07 Å². The lowest BCUT2D eigenvalue weighted by molar-refractivity contribution is -0.147. The van der Waals surface area contributed by atoms with Crippen molar-refractivity contribution in [2.45, 2.75) is 25.8 Å². The molecule has 4 nitrogen and oxygen atoms in total. The van der Waals surface area contributed by atoms with Crippen LogP contribution in [-0.2, 0) is 17.6 Å². The lowest BCUT2D eigenvalue weighted by Crippen LogP contribution is -2.24. The highest BCUT2D eigenvalue weighted by molar-refractivity contribution is 5.72. The van der Waals surface area contributed by atoms with Crippen LogP contribution in [0.1, 0.15) is 18.1 Å². The number of benzene rings is 1. The minimum absolute atomic E-state index is 0.0673. The molecule has 0 spiro atoms. The summed E-state index contributed by atoms with van der Waals surface area (Å²) in [5, 5.41) is 17.4. The van der Waals surface area contributed by atoms with Crippen molar-refractivity contribution in [2.24, 2.45) is 0 Å². The second kappa shape index (κ2) is 5.26. The summed E-state index contributed by atoms with van der Waals surface area (Å²) in [5.74, 6) is -1.94. The zero-order valence-corrected chi connectivity index (χ0v) is 9.36. The molecular formula is C11H11F3O4. The molecule has 0 aromatic heterocycles. The minimum atomic E-state index is -4.68. The van der Waals surface area contributed by atoms with E-state index in [0.717, 1.165) is 19.1 Å². The van der Waals surface area contributed by atoms with Gasteiger partial charge in [0, 0.05) is 0 Å². The topological polar surface area (TPSA) is 66.8 Å². The van der Waals surface area contributed by atoms with Gasteiger partial charge in [0.05, 0.1) is 12.2 Å². The Balaban J connectivity index is 3.14. The molecule has 7 heteroatoms. The summed E-state index contributed by atoms with van der Waals surface area (Å²) in [5.41, 5.74) is -1.04. The number of alkyl halides is 3. The molecule has 1 atom stereocenters. The van der Waals surface area contributed by atoms with Crippen LogP contribution in [0.4, 0.5) is 13.2 Å². The monoisotopic (exact) mass is 264 g/mol. The summed E-state index contributed by atoms with van der Waals surface area (Å²) in [6.07, 6.45) is -6.08. The summed E-state index contributed by atoms with van der Waals surface area (Å²) in [6.45, 7) is 0.584. The largest absolute Gasteiger partial charge is 0.479 e. The van der Waals surface area contributed by atoms with Crippen molar-refractivity contribution in [3.8, 4) is 5.75 Å². The average molecular weight is 264 g/mol. The van der Waals surface area contributed by atoms with Gasteiger partial charge in [0.25, 0.3) is 0 Å². The predicted molar refractivity (Wildman–Crippen MR) is 55.1 cm³/mol. The molecule has 1 unspecified atom stereocenters. The van der Waals surface area contributed by atoms with Gasteiger partial charge in [-0.2, -0.15) is 13.2 Å². The van der Waals surface area contributed by atoms with Gasteiger partial charge in [-0.05, 0) is 24.6 Å². The fourth-order valence-corrected chi connectivity index (χ4v) is 1.24. The number of aliphatic hydroxyl groups is 1. The maximum Gasteiger partial charge on any atom is 0.419 e. The summed E-state index contributed by atoms with van der Waals surface area (Å²) >= 11 is 0. The Labute approximate surface area is 101 Å². The number of carboxylic acid groups (broad SMARTS) is 1. The number of rotatable bonds is 4. The fraction of sp³-hybridized carbons (Fsp3) is 0.364. The van der Waals surface area contributed by atoms with Crippen molar-refractivity contribution in [1.82, 2.24) is 0 Å². The smallest absolute Gasteiger partial charge is 0.419 e. The van der Waals surface area contributed by atoms with E-state index in [9.17, 15) is 18.0 Å². The first-order valence-electron chi connectivity index (χ1n) is 4.96. The third-order valence-electron chi connectivity index (χ3n) is 2.18. The van der Waals surface area contributed by atoms with E-state index in [2.05, 4.69) is 0 Å². The van der Waals surface area contributed by atoms with Crippen LogP contribution in [0, 0.1) is 0 Å². The number of aliphatic hydroxyl groups excluding tert-OH is 1. The molecule has 2 N–H and O–H groups in total. The number of hydrogen-bond donors (Lipinski definition) is 2.